The minimum atomic E-state index is -0.547. The summed E-state index contributed by atoms with van der Waals surface area (Å²) in [7, 11) is 0. The maximum absolute atomic E-state index is 13.3. The van der Waals surface area contributed by atoms with E-state index in [1.165, 1.54) is 0 Å². The van der Waals surface area contributed by atoms with Gasteiger partial charge in [0, 0.05) is 12.1 Å². The number of rotatable bonds is 4. The zero-order valence-electron chi connectivity index (χ0n) is 10.0. The molecule has 1 aliphatic heterocycles. The molecule has 0 aromatic heterocycles. The van der Waals surface area contributed by atoms with Gasteiger partial charge in [-0.3, -0.25) is 4.79 Å². The molecule has 1 aliphatic rings. The molecule has 1 atom stereocenters. The van der Waals surface area contributed by atoms with E-state index in [4.69, 9.17) is 0 Å². The van der Waals surface area contributed by atoms with E-state index in [2.05, 4.69) is 10.6 Å². The van der Waals surface area contributed by atoms with Crippen LogP contribution < -0.4 is 10.6 Å². The third-order valence-corrected chi connectivity index (χ3v) is 3.11. The molecule has 2 N–H and O–H groups in total. The monoisotopic (exact) mass is 254 g/mol. The molecule has 1 amide bonds. The number of hydrogen-bond donors (Lipinski definition) is 2. The predicted octanol–water partition coefficient (Wildman–Crippen LogP) is 1.23. The average Bonchev–Trinajstić information content (AvgIpc) is 2.84. The summed E-state index contributed by atoms with van der Waals surface area (Å²) in [4.78, 5) is 11.6. The molecule has 98 valence electrons. The molecule has 0 spiro atoms. The Balaban J connectivity index is 1.84. The maximum atomic E-state index is 13.3. The zero-order chi connectivity index (χ0) is 13.0. The molecule has 2 rings (SSSR count). The number of nitrogens with one attached hydrogen (secondary N) is 2. The fraction of sp³-hybridized carbons (Fsp3) is 0.462. The van der Waals surface area contributed by atoms with Gasteiger partial charge in [-0.1, -0.05) is 0 Å². The van der Waals surface area contributed by atoms with Crippen LogP contribution in [0.15, 0.2) is 18.2 Å². The molecule has 5 heteroatoms. The second kappa shape index (κ2) is 5.91. The first kappa shape index (κ1) is 13.0. The van der Waals surface area contributed by atoms with Crippen molar-refractivity contribution in [3.05, 3.63) is 35.4 Å². The first-order valence-electron chi connectivity index (χ1n) is 6.06. The highest BCUT2D eigenvalue weighted by atomic mass is 19.1. The molecule has 1 aromatic carbocycles. The van der Waals surface area contributed by atoms with Crippen LogP contribution in [0.5, 0.6) is 0 Å². The van der Waals surface area contributed by atoms with E-state index < -0.39 is 11.6 Å². The van der Waals surface area contributed by atoms with E-state index in [0.29, 0.717) is 12.5 Å². The number of halogens is 2. The molecule has 1 aromatic rings. The summed E-state index contributed by atoms with van der Waals surface area (Å²) in [6.07, 6.45) is 0.915. The minimum Gasteiger partial charge on any atom is -0.355 e. The van der Waals surface area contributed by atoms with Gasteiger partial charge in [-0.25, -0.2) is 8.78 Å². The summed E-state index contributed by atoms with van der Waals surface area (Å²) in [5, 5.41) is 5.95. The Kier molecular flexibility index (Phi) is 4.25. The average molecular weight is 254 g/mol. The largest absolute Gasteiger partial charge is 0.355 e. The molecule has 0 saturated carbocycles. The van der Waals surface area contributed by atoms with Crippen LogP contribution in [0.2, 0.25) is 0 Å². The van der Waals surface area contributed by atoms with Crippen molar-refractivity contribution in [2.24, 2.45) is 5.92 Å². The molecule has 3 nitrogen and oxygen atoms in total. The second-order valence-electron chi connectivity index (χ2n) is 4.58. The summed E-state index contributed by atoms with van der Waals surface area (Å²) >= 11 is 0. The van der Waals surface area contributed by atoms with E-state index >= 15 is 0 Å². The van der Waals surface area contributed by atoms with Crippen molar-refractivity contribution in [3.8, 4) is 0 Å². The van der Waals surface area contributed by atoms with E-state index in [0.717, 1.165) is 37.7 Å². The maximum Gasteiger partial charge on any atom is 0.224 e. The Morgan fingerprint density at radius 1 is 1.44 bits per heavy atom. The van der Waals surface area contributed by atoms with Crippen molar-refractivity contribution in [2.75, 3.05) is 19.6 Å². The van der Waals surface area contributed by atoms with Crippen LogP contribution in [0.1, 0.15) is 12.0 Å². The highest BCUT2D eigenvalue weighted by Gasteiger charge is 2.16. The number of hydrogen-bond acceptors (Lipinski definition) is 2. The van der Waals surface area contributed by atoms with E-state index in [-0.39, 0.29) is 17.9 Å². The van der Waals surface area contributed by atoms with Crippen molar-refractivity contribution in [3.63, 3.8) is 0 Å². The van der Waals surface area contributed by atoms with Gasteiger partial charge >= 0.3 is 0 Å². The summed E-state index contributed by atoms with van der Waals surface area (Å²) in [5.74, 6) is -0.911. The number of amides is 1. The first-order chi connectivity index (χ1) is 8.65. The molecule has 0 bridgehead atoms. The fourth-order valence-electron chi connectivity index (χ4n) is 2.06. The molecule has 1 heterocycles. The zero-order valence-corrected chi connectivity index (χ0v) is 10.0. The van der Waals surface area contributed by atoms with Gasteiger partial charge in [-0.15, -0.1) is 0 Å². The highest BCUT2D eigenvalue weighted by molar-refractivity contribution is 5.78. The highest BCUT2D eigenvalue weighted by Crippen LogP contribution is 2.10. The summed E-state index contributed by atoms with van der Waals surface area (Å²) in [6.45, 7) is 2.45. The Bertz CT molecular complexity index is 431. The van der Waals surface area contributed by atoms with Gasteiger partial charge in [-0.2, -0.15) is 0 Å². The predicted molar refractivity (Wildman–Crippen MR) is 64.0 cm³/mol. The lowest BCUT2D eigenvalue weighted by molar-refractivity contribution is -0.120. The van der Waals surface area contributed by atoms with Crippen molar-refractivity contribution in [2.45, 2.75) is 12.8 Å². The molecular formula is C13H16F2N2O. The minimum absolute atomic E-state index is 0.0945. The molecule has 1 saturated heterocycles. The standard InChI is InChI=1S/C13H16F2N2O/c14-11-1-2-12(15)10(5-11)6-13(18)17-8-9-3-4-16-7-9/h1-2,5,9,16H,3-4,6-8H2,(H,17,18)/t9-/m0/s1. The van der Waals surface area contributed by atoms with Crippen molar-refractivity contribution in [1.29, 1.82) is 0 Å². The van der Waals surface area contributed by atoms with Gasteiger partial charge in [0.25, 0.3) is 0 Å². The number of carbonyl (C=O) groups is 1. The lowest BCUT2D eigenvalue weighted by Crippen LogP contribution is -2.31. The molecule has 0 aliphatic carbocycles. The van der Waals surface area contributed by atoms with Gasteiger partial charge in [-0.05, 0) is 43.6 Å². The number of benzene rings is 1. The summed E-state index contributed by atoms with van der Waals surface area (Å²) in [5.41, 5.74) is 0.0945. The Hall–Kier alpha value is -1.49. The van der Waals surface area contributed by atoms with Crippen LogP contribution in [-0.2, 0) is 11.2 Å². The van der Waals surface area contributed by atoms with Crippen LogP contribution in [0.3, 0.4) is 0 Å². The lowest BCUT2D eigenvalue weighted by atomic mass is 10.1. The molecule has 0 radical (unpaired) electrons. The van der Waals surface area contributed by atoms with Gasteiger partial charge in [0.2, 0.25) is 5.91 Å². The smallest absolute Gasteiger partial charge is 0.224 e. The lowest BCUT2D eigenvalue weighted by Gasteiger charge is -2.10. The van der Waals surface area contributed by atoms with Gasteiger partial charge in [0.15, 0.2) is 0 Å². The quantitative estimate of drug-likeness (QED) is 0.848. The third-order valence-electron chi connectivity index (χ3n) is 3.11. The summed E-state index contributed by atoms with van der Waals surface area (Å²) in [6, 6.07) is 3.14. The first-order valence-corrected chi connectivity index (χ1v) is 6.06. The van der Waals surface area contributed by atoms with Crippen LogP contribution >= 0.6 is 0 Å². The topological polar surface area (TPSA) is 41.1 Å². The molecule has 1 fully saturated rings. The van der Waals surface area contributed by atoms with Crippen LogP contribution in [0.4, 0.5) is 8.78 Å². The molecule has 0 unspecified atom stereocenters. The Labute approximate surface area is 105 Å². The van der Waals surface area contributed by atoms with E-state index in [1.807, 2.05) is 0 Å². The van der Waals surface area contributed by atoms with Gasteiger partial charge in [0.1, 0.15) is 11.6 Å². The SMILES string of the molecule is O=C(Cc1cc(F)ccc1F)NC[C@H]1CCNC1. The van der Waals surface area contributed by atoms with Crippen LogP contribution in [0.25, 0.3) is 0 Å². The van der Waals surface area contributed by atoms with Crippen LogP contribution in [-0.4, -0.2) is 25.5 Å². The van der Waals surface area contributed by atoms with Crippen molar-refractivity contribution in [1.82, 2.24) is 10.6 Å². The van der Waals surface area contributed by atoms with E-state index in [1.54, 1.807) is 0 Å². The molecular weight excluding hydrogens is 238 g/mol. The van der Waals surface area contributed by atoms with Crippen LogP contribution in [0, 0.1) is 17.6 Å². The summed E-state index contributed by atoms with van der Waals surface area (Å²) < 4.78 is 26.2. The number of carbonyl (C=O) groups excluding carboxylic acids is 1. The Morgan fingerprint density at radius 2 is 2.28 bits per heavy atom. The van der Waals surface area contributed by atoms with Gasteiger partial charge < -0.3 is 10.6 Å². The van der Waals surface area contributed by atoms with Crippen molar-refractivity contribution >= 4 is 5.91 Å². The molecule has 18 heavy (non-hydrogen) atoms. The van der Waals surface area contributed by atoms with E-state index in [9.17, 15) is 13.6 Å². The fourth-order valence-corrected chi connectivity index (χ4v) is 2.06. The second-order valence-corrected chi connectivity index (χ2v) is 4.58. The third kappa shape index (κ3) is 3.50. The van der Waals surface area contributed by atoms with Gasteiger partial charge in [0.05, 0.1) is 6.42 Å². The van der Waals surface area contributed by atoms with Crippen molar-refractivity contribution < 1.29 is 13.6 Å². The Morgan fingerprint density at radius 3 is 3.00 bits per heavy atom. The normalized spacial score (nSPS) is 18.9.